The fraction of sp³-hybridized carbons (Fsp3) is 0.200. The Morgan fingerprint density at radius 2 is 2.25 bits per heavy atom. The van der Waals surface area contributed by atoms with Gasteiger partial charge >= 0.3 is 0 Å². The molecule has 0 saturated carbocycles. The molecule has 0 atom stereocenters. The predicted octanol–water partition coefficient (Wildman–Crippen LogP) is 2.74. The second kappa shape index (κ2) is 4.44. The smallest absolute Gasteiger partial charge is 0.207 e. The van der Waals surface area contributed by atoms with Crippen LogP contribution in [0.2, 0.25) is 0 Å². The van der Waals surface area contributed by atoms with Crippen molar-refractivity contribution in [2.24, 2.45) is 0 Å². The highest BCUT2D eigenvalue weighted by atomic mass is 32.1. The summed E-state index contributed by atoms with van der Waals surface area (Å²) in [5, 5.41) is 3.70. The van der Waals surface area contributed by atoms with E-state index in [-0.39, 0.29) is 11.6 Å². The van der Waals surface area contributed by atoms with E-state index >= 15 is 0 Å². The number of ether oxygens (including phenoxy) is 1. The third kappa shape index (κ3) is 2.27. The number of hydrogen-bond acceptors (Lipinski definition) is 5. The minimum atomic E-state index is -0.388. The Hall–Kier alpha value is -1.69. The third-order valence-electron chi connectivity index (χ3n) is 1.93. The van der Waals surface area contributed by atoms with Crippen LogP contribution in [0.25, 0.3) is 0 Å². The Labute approximate surface area is 96.3 Å². The van der Waals surface area contributed by atoms with Crippen molar-refractivity contribution in [1.29, 1.82) is 0 Å². The van der Waals surface area contributed by atoms with Crippen molar-refractivity contribution >= 4 is 22.4 Å². The molecule has 2 aromatic rings. The molecule has 0 fully saturated rings. The molecular weight excluding hydrogens is 229 g/mol. The summed E-state index contributed by atoms with van der Waals surface area (Å²) in [5.41, 5.74) is 0.717. The maximum absolute atomic E-state index is 13.1. The van der Waals surface area contributed by atoms with Crippen LogP contribution in [-0.4, -0.2) is 16.5 Å². The molecule has 1 heterocycles. The van der Waals surface area contributed by atoms with Crippen LogP contribution in [0.4, 0.5) is 15.2 Å². The number of nitrogens with zero attached hydrogens (tertiary/aromatic N) is 2. The van der Waals surface area contributed by atoms with Crippen LogP contribution in [0.5, 0.6) is 5.75 Å². The van der Waals surface area contributed by atoms with E-state index in [1.165, 1.54) is 24.7 Å². The van der Waals surface area contributed by atoms with E-state index in [9.17, 15) is 4.39 Å². The van der Waals surface area contributed by atoms with Gasteiger partial charge in [0.05, 0.1) is 7.11 Å². The van der Waals surface area contributed by atoms with Crippen LogP contribution in [0.3, 0.4) is 0 Å². The molecule has 2 rings (SSSR count). The van der Waals surface area contributed by atoms with Gasteiger partial charge in [0.2, 0.25) is 5.13 Å². The molecule has 6 heteroatoms. The SMILES string of the molecule is COc1cc(Nc2nc(C)ns2)ccc1F. The molecule has 0 aliphatic rings. The van der Waals surface area contributed by atoms with Gasteiger partial charge in [-0.2, -0.15) is 4.37 Å². The number of anilines is 2. The van der Waals surface area contributed by atoms with Gasteiger partial charge < -0.3 is 10.1 Å². The maximum Gasteiger partial charge on any atom is 0.207 e. The van der Waals surface area contributed by atoms with Crippen molar-refractivity contribution in [3.63, 3.8) is 0 Å². The molecule has 4 nitrogen and oxygen atoms in total. The molecule has 0 aliphatic carbocycles. The standard InChI is InChI=1S/C10H10FN3OS/c1-6-12-10(16-14-6)13-7-3-4-8(11)9(5-7)15-2/h3-5H,1-2H3,(H,12,13,14). The van der Waals surface area contributed by atoms with Crippen molar-refractivity contribution < 1.29 is 9.13 Å². The second-order valence-corrected chi connectivity index (χ2v) is 3.87. The zero-order valence-corrected chi connectivity index (χ0v) is 9.64. The third-order valence-corrected chi connectivity index (χ3v) is 2.65. The lowest BCUT2D eigenvalue weighted by Gasteiger charge is -2.05. The van der Waals surface area contributed by atoms with Gasteiger partial charge in [-0.1, -0.05) is 0 Å². The molecule has 0 spiro atoms. The summed E-state index contributed by atoms with van der Waals surface area (Å²) in [6.45, 7) is 1.81. The Kier molecular flexibility index (Phi) is 3.00. The molecule has 0 aliphatic heterocycles. The molecule has 0 amide bonds. The minimum Gasteiger partial charge on any atom is -0.494 e. The quantitative estimate of drug-likeness (QED) is 0.894. The number of hydrogen-bond donors (Lipinski definition) is 1. The fourth-order valence-corrected chi connectivity index (χ4v) is 1.80. The predicted molar refractivity (Wildman–Crippen MR) is 60.9 cm³/mol. The van der Waals surface area contributed by atoms with Crippen LogP contribution in [0.1, 0.15) is 5.82 Å². The van der Waals surface area contributed by atoms with Gasteiger partial charge in [0.1, 0.15) is 5.82 Å². The molecule has 0 bridgehead atoms. The average molecular weight is 239 g/mol. The molecule has 1 aromatic carbocycles. The number of rotatable bonds is 3. The maximum atomic E-state index is 13.1. The van der Waals surface area contributed by atoms with E-state index in [1.54, 1.807) is 12.1 Å². The Morgan fingerprint density at radius 1 is 1.44 bits per heavy atom. The van der Waals surface area contributed by atoms with Crippen LogP contribution in [0, 0.1) is 12.7 Å². The van der Waals surface area contributed by atoms with Gasteiger partial charge in [0.15, 0.2) is 11.6 Å². The summed E-state index contributed by atoms with van der Waals surface area (Å²) in [5.74, 6) is 0.523. The molecule has 0 saturated heterocycles. The molecule has 84 valence electrons. The second-order valence-electron chi connectivity index (χ2n) is 3.12. The summed E-state index contributed by atoms with van der Waals surface area (Å²) in [6, 6.07) is 4.54. The van der Waals surface area contributed by atoms with Crippen LogP contribution in [-0.2, 0) is 0 Å². The number of methoxy groups -OCH3 is 1. The van der Waals surface area contributed by atoms with E-state index in [0.717, 1.165) is 5.69 Å². The topological polar surface area (TPSA) is 47.0 Å². The summed E-state index contributed by atoms with van der Waals surface area (Å²) in [6.07, 6.45) is 0. The molecule has 16 heavy (non-hydrogen) atoms. The van der Waals surface area contributed by atoms with Gasteiger partial charge in [-0.3, -0.25) is 0 Å². The van der Waals surface area contributed by atoms with Crippen LogP contribution in [0.15, 0.2) is 18.2 Å². The number of aromatic nitrogens is 2. The first-order chi connectivity index (χ1) is 7.69. The minimum absolute atomic E-state index is 0.200. The molecule has 0 radical (unpaired) electrons. The molecule has 0 unspecified atom stereocenters. The molecular formula is C10H10FN3OS. The number of aryl methyl sites for hydroxylation is 1. The van der Waals surface area contributed by atoms with Crippen molar-refractivity contribution in [2.45, 2.75) is 6.92 Å². The van der Waals surface area contributed by atoms with Gasteiger partial charge in [0.25, 0.3) is 0 Å². The summed E-state index contributed by atoms with van der Waals surface area (Å²) in [4.78, 5) is 4.15. The Balaban J connectivity index is 2.21. The van der Waals surface area contributed by atoms with Crippen LogP contribution < -0.4 is 10.1 Å². The lowest BCUT2D eigenvalue weighted by atomic mass is 10.3. The average Bonchev–Trinajstić information content (AvgIpc) is 2.67. The van der Waals surface area contributed by atoms with Gasteiger partial charge in [0, 0.05) is 23.3 Å². The molecule has 1 aromatic heterocycles. The Morgan fingerprint density at radius 3 is 2.88 bits per heavy atom. The van der Waals surface area contributed by atoms with E-state index in [0.29, 0.717) is 11.0 Å². The zero-order valence-electron chi connectivity index (χ0n) is 8.82. The highest BCUT2D eigenvalue weighted by Crippen LogP contribution is 2.24. The number of nitrogens with one attached hydrogen (secondary N) is 1. The lowest BCUT2D eigenvalue weighted by Crippen LogP contribution is -1.93. The summed E-state index contributed by atoms with van der Waals surface area (Å²) >= 11 is 1.26. The Bertz CT molecular complexity index is 501. The highest BCUT2D eigenvalue weighted by Gasteiger charge is 2.05. The zero-order chi connectivity index (χ0) is 11.5. The van der Waals surface area contributed by atoms with E-state index < -0.39 is 0 Å². The van der Waals surface area contributed by atoms with Gasteiger partial charge in [-0.15, -0.1) is 0 Å². The van der Waals surface area contributed by atoms with Crippen molar-refractivity contribution in [3.8, 4) is 5.75 Å². The summed E-state index contributed by atoms with van der Waals surface area (Å²) < 4.78 is 22.1. The van der Waals surface area contributed by atoms with Crippen molar-refractivity contribution in [1.82, 2.24) is 9.36 Å². The normalized spacial score (nSPS) is 10.2. The van der Waals surface area contributed by atoms with E-state index in [2.05, 4.69) is 14.7 Å². The fourth-order valence-electron chi connectivity index (χ4n) is 1.21. The van der Waals surface area contributed by atoms with Crippen molar-refractivity contribution in [2.75, 3.05) is 12.4 Å². The van der Waals surface area contributed by atoms with E-state index in [1.807, 2.05) is 6.92 Å². The van der Waals surface area contributed by atoms with Crippen LogP contribution >= 0.6 is 11.5 Å². The number of benzene rings is 1. The first kappa shape index (κ1) is 10.8. The monoisotopic (exact) mass is 239 g/mol. The van der Waals surface area contributed by atoms with E-state index in [4.69, 9.17) is 4.74 Å². The van der Waals surface area contributed by atoms with Gasteiger partial charge in [-0.05, 0) is 19.1 Å². The largest absolute Gasteiger partial charge is 0.494 e. The first-order valence-electron chi connectivity index (χ1n) is 4.60. The van der Waals surface area contributed by atoms with Crippen molar-refractivity contribution in [3.05, 3.63) is 29.8 Å². The highest BCUT2D eigenvalue weighted by molar-refractivity contribution is 7.09. The first-order valence-corrected chi connectivity index (χ1v) is 5.37. The summed E-state index contributed by atoms with van der Waals surface area (Å²) in [7, 11) is 1.43. The van der Waals surface area contributed by atoms with Gasteiger partial charge in [-0.25, -0.2) is 9.37 Å². The number of halogens is 1. The lowest BCUT2D eigenvalue weighted by molar-refractivity contribution is 0.387. The molecule has 1 N–H and O–H groups in total.